The van der Waals surface area contributed by atoms with Crippen LogP contribution in [-0.2, 0) is 6.42 Å². The molecule has 0 unspecified atom stereocenters. The first-order chi connectivity index (χ1) is 12.6. The molecule has 4 rings (SSSR count). The van der Waals surface area contributed by atoms with Crippen LogP contribution in [0, 0.1) is 6.92 Å². The van der Waals surface area contributed by atoms with Crippen LogP contribution in [-0.4, -0.2) is 22.5 Å². The Morgan fingerprint density at radius 1 is 1.15 bits per heavy atom. The average molecular weight is 345 g/mol. The second kappa shape index (κ2) is 6.52. The first kappa shape index (κ1) is 16.1. The zero-order valence-corrected chi connectivity index (χ0v) is 14.4. The van der Waals surface area contributed by atoms with Crippen molar-refractivity contribution in [2.45, 2.75) is 13.3 Å². The van der Waals surface area contributed by atoms with E-state index in [4.69, 9.17) is 0 Å². The summed E-state index contributed by atoms with van der Waals surface area (Å²) in [6.07, 6.45) is 2.60. The first-order valence-electron chi connectivity index (χ1n) is 8.54. The van der Waals surface area contributed by atoms with Crippen molar-refractivity contribution < 1.29 is 9.90 Å². The van der Waals surface area contributed by atoms with Gasteiger partial charge in [-0.25, -0.2) is 4.98 Å². The van der Waals surface area contributed by atoms with Gasteiger partial charge in [-0.1, -0.05) is 18.2 Å². The van der Waals surface area contributed by atoms with Gasteiger partial charge in [-0.3, -0.25) is 4.79 Å². The van der Waals surface area contributed by atoms with Crippen molar-refractivity contribution in [2.24, 2.45) is 0 Å². The van der Waals surface area contributed by atoms with Gasteiger partial charge in [-0.15, -0.1) is 0 Å². The van der Waals surface area contributed by atoms with E-state index >= 15 is 0 Å². The Hall–Kier alpha value is -3.34. The summed E-state index contributed by atoms with van der Waals surface area (Å²) in [5, 5.41) is 12.3. The molecule has 1 aliphatic heterocycles. The summed E-state index contributed by atoms with van der Waals surface area (Å²) in [5.41, 5.74) is 4.46. The molecule has 2 heterocycles. The molecule has 0 bridgehead atoms. The third-order valence-corrected chi connectivity index (χ3v) is 4.63. The number of aryl methyl sites for hydroxylation is 1. The number of carbonyl (C=O) groups excluding carboxylic acids is 1. The molecular weight excluding hydrogens is 326 g/mol. The second-order valence-electron chi connectivity index (χ2n) is 6.39. The number of para-hydroxylation sites is 1. The fraction of sp³-hybridized carbons (Fsp3) is 0.143. The Labute approximate surface area is 151 Å². The molecule has 1 aliphatic rings. The first-order valence-corrected chi connectivity index (χ1v) is 8.54. The Kier molecular flexibility index (Phi) is 4.05. The SMILES string of the molecule is Cc1cc(O)ccc1NC(=O)c1ccc(N2CCc3ccccc32)nc1. The lowest BCUT2D eigenvalue weighted by Gasteiger charge is -2.18. The normalized spacial score (nSPS) is 12.7. The average Bonchev–Trinajstić information content (AvgIpc) is 3.08. The summed E-state index contributed by atoms with van der Waals surface area (Å²) in [6.45, 7) is 2.73. The lowest BCUT2D eigenvalue weighted by Crippen LogP contribution is -2.16. The molecule has 0 spiro atoms. The van der Waals surface area contributed by atoms with E-state index in [2.05, 4.69) is 33.4 Å². The Morgan fingerprint density at radius 3 is 2.77 bits per heavy atom. The largest absolute Gasteiger partial charge is 0.508 e. The number of rotatable bonds is 3. The van der Waals surface area contributed by atoms with Crippen molar-refractivity contribution in [1.82, 2.24) is 4.98 Å². The summed E-state index contributed by atoms with van der Waals surface area (Å²) < 4.78 is 0. The fourth-order valence-corrected chi connectivity index (χ4v) is 3.24. The van der Waals surface area contributed by atoms with Gasteiger partial charge in [0.15, 0.2) is 0 Å². The summed E-state index contributed by atoms with van der Waals surface area (Å²) in [7, 11) is 0. The van der Waals surface area contributed by atoms with E-state index in [9.17, 15) is 9.90 Å². The molecule has 2 N–H and O–H groups in total. The fourth-order valence-electron chi connectivity index (χ4n) is 3.24. The van der Waals surface area contributed by atoms with Gasteiger partial charge in [0.05, 0.1) is 5.56 Å². The van der Waals surface area contributed by atoms with E-state index in [0.717, 1.165) is 24.3 Å². The van der Waals surface area contributed by atoms with Crippen LogP contribution in [0.1, 0.15) is 21.5 Å². The highest BCUT2D eigenvalue weighted by atomic mass is 16.3. The highest BCUT2D eigenvalue weighted by molar-refractivity contribution is 6.04. The van der Waals surface area contributed by atoms with Crippen molar-refractivity contribution in [2.75, 3.05) is 16.8 Å². The quantitative estimate of drug-likeness (QED) is 0.703. The standard InChI is InChI=1S/C21H19N3O2/c1-14-12-17(25)7-8-18(14)23-21(26)16-6-9-20(22-13-16)24-11-10-15-4-2-3-5-19(15)24/h2-9,12-13,25H,10-11H2,1H3,(H,23,26). The Bertz CT molecular complexity index is 967. The van der Waals surface area contributed by atoms with Gasteiger partial charge < -0.3 is 15.3 Å². The number of anilines is 3. The minimum atomic E-state index is -0.223. The summed E-state index contributed by atoms with van der Waals surface area (Å²) in [6, 6.07) is 16.8. The zero-order valence-electron chi connectivity index (χ0n) is 14.4. The number of hydrogen-bond donors (Lipinski definition) is 2. The number of phenolic OH excluding ortho intramolecular Hbond substituents is 1. The molecule has 2 aromatic carbocycles. The Morgan fingerprint density at radius 2 is 2.00 bits per heavy atom. The maximum absolute atomic E-state index is 12.5. The minimum absolute atomic E-state index is 0.178. The summed E-state index contributed by atoms with van der Waals surface area (Å²) >= 11 is 0. The lowest BCUT2D eigenvalue weighted by atomic mass is 10.1. The van der Waals surface area contributed by atoms with E-state index in [-0.39, 0.29) is 11.7 Å². The summed E-state index contributed by atoms with van der Waals surface area (Å²) in [5.74, 6) is 0.796. The van der Waals surface area contributed by atoms with Crippen molar-refractivity contribution in [3.8, 4) is 5.75 Å². The highest BCUT2D eigenvalue weighted by Gasteiger charge is 2.20. The van der Waals surface area contributed by atoms with Crippen LogP contribution in [0.15, 0.2) is 60.8 Å². The molecule has 0 fully saturated rings. The monoisotopic (exact) mass is 345 g/mol. The topological polar surface area (TPSA) is 65.5 Å². The number of phenols is 1. The second-order valence-corrected chi connectivity index (χ2v) is 6.39. The van der Waals surface area contributed by atoms with Gasteiger partial charge in [-0.05, 0) is 60.9 Å². The molecule has 5 nitrogen and oxygen atoms in total. The van der Waals surface area contributed by atoms with Crippen LogP contribution in [0.5, 0.6) is 5.75 Å². The van der Waals surface area contributed by atoms with Crippen LogP contribution >= 0.6 is 0 Å². The van der Waals surface area contributed by atoms with Crippen molar-refractivity contribution >= 4 is 23.1 Å². The molecule has 26 heavy (non-hydrogen) atoms. The number of benzene rings is 2. The van der Waals surface area contributed by atoms with Crippen LogP contribution in [0.25, 0.3) is 0 Å². The zero-order chi connectivity index (χ0) is 18.1. The van der Waals surface area contributed by atoms with Crippen LogP contribution < -0.4 is 10.2 Å². The number of hydrogen-bond acceptors (Lipinski definition) is 4. The maximum Gasteiger partial charge on any atom is 0.257 e. The van der Waals surface area contributed by atoms with Gasteiger partial charge in [0.25, 0.3) is 5.91 Å². The molecule has 1 aromatic heterocycles. The molecule has 130 valence electrons. The molecule has 5 heteroatoms. The number of nitrogens with zero attached hydrogens (tertiary/aromatic N) is 2. The van der Waals surface area contributed by atoms with Crippen molar-refractivity contribution in [1.29, 1.82) is 0 Å². The van der Waals surface area contributed by atoms with Crippen LogP contribution in [0.4, 0.5) is 17.2 Å². The lowest BCUT2D eigenvalue weighted by molar-refractivity contribution is 0.102. The predicted octanol–water partition coefficient (Wildman–Crippen LogP) is 4.04. The van der Waals surface area contributed by atoms with Gasteiger partial charge in [-0.2, -0.15) is 0 Å². The van der Waals surface area contributed by atoms with E-state index in [0.29, 0.717) is 11.3 Å². The van der Waals surface area contributed by atoms with Crippen molar-refractivity contribution in [3.63, 3.8) is 0 Å². The molecule has 1 amide bonds. The predicted molar refractivity (Wildman–Crippen MR) is 102 cm³/mol. The number of amides is 1. The van der Waals surface area contributed by atoms with Gasteiger partial charge >= 0.3 is 0 Å². The number of pyridine rings is 1. The molecule has 0 saturated heterocycles. The molecule has 3 aromatic rings. The number of carbonyl (C=O) groups is 1. The maximum atomic E-state index is 12.5. The van der Waals surface area contributed by atoms with Crippen molar-refractivity contribution in [3.05, 3.63) is 77.5 Å². The van der Waals surface area contributed by atoms with Crippen LogP contribution in [0.2, 0.25) is 0 Å². The third-order valence-electron chi connectivity index (χ3n) is 4.63. The number of nitrogens with one attached hydrogen (secondary N) is 1. The van der Waals surface area contributed by atoms with E-state index in [1.54, 1.807) is 30.5 Å². The number of fused-ring (bicyclic) bond motifs is 1. The molecule has 0 atom stereocenters. The molecule has 0 aliphatic carbocycles. The van der Waals surface area contributed by atoms with Gasteiger partial charge in [0.1, 0.15) is 11.6 Å². The highest BCUT2D eigenvalue weighted by Crippen LogP contribution is 2.33. The molecule has 0 radical (unpaired) electrons. The van der Waals surface area contributed by atoms with E-state index in [1.807, 2.05) is 19.1 Å². The van der Waals surface area contributed by atoms with Crippen LogP contribution in [0.3, 0.4) is 0 Å². The minimum Gasteiger partial charge on any atom is -0.508 e. The van der Waals surface area contributed by atoms with E-state index in [1.165, 1.54) is 11.3 Å². The van der Waals surface area contributed by atoms with Gasteiger partial charge in [0, 0.05) is 24.1 Å². The summed E-state index contributed by atoms with van der Waals surface area (Å²) in [4.78, 5) is 19.1. The molecule has 0 saturated carbocycles. The van der Waals surface area contributed by atoms with E-state index < -0.39 is 0 Å². The Balaban J connectivity index is 1.52. The third kappa shape index (κ3) is 2.99. The van der Waals surface area contributed by atoms with Gasteiger partial charge in [0.2, 0.25) is 0 Å². The molecular formula is C21H19N3O2. The number of aromatic nitrogens is 1. The smallest absolute Gasteiger partial charge is 0.257 e. The number of aromatic hydroxyl groups is 1.